The number of carboxylic acids is 1. The summed E-state index contributed by atoms with van der Waals surface area (Å²) in [5.74, 6) is -1.08. The average Bonchev–Trinajstić information content (AvgIpc) is 3.09. The smallest absolute Gasteiger partial charge is 0.326 e. The van der Waals surface area contributed by atoms with Crippen molar-refractivity contribution in [3.63, 3.8) is 0 Å². The Labute approximate surface area is 109 Å². The maximum atomic E-state index is 12.1. The van der Waals surface area contributed by atoms with Crippen LogP contribution in [0.2, 0.25) is 0 Å². The maximum Gasteiger partial charge on any atom is 0.326 e. The summed E-state index contributed by atoms with van der Waals surface area (Å²) in [6, 6.07) is -0.717. The van der Waals surface area contributed by atoms with E-state index < -0.39 is 12.0 Å². The molecule has 1 atom stereocenters. The number of nitrogens with zero attached hydrogens (tertiary/aromatic N) is 1. The third-order valence-electron chi connectivity index (χ3n) is 3.21. The highest BCUT2D eigenvalue weighted by Gasteiger charge is 2.34. The summed E-state index contributed by atoms with van der Waals surface area (Å²) in [4.78, 5) is 25.0. The summed E-state index contributed by atoms with van der Waals surface area (Å²) < 4.78 is 0. The fraction of sp³-hybridized carbons (Fsp3) is 0.846. The van der Waals surface area contributed by atoms with E-state index in [4.69, 9.17) is 5.11 Å². The van der Waals surface area contributed by atoms with Crippen molar-refractivity contribution in [2.45, 2.75) is 58.5 Å². The van der Waals surface area contributed by atoms with Crippen molar-refractivity contribution in [3.05, 3.63) is 0 Å². The number of hydrogen-bond donors (Lipinski definition) is 2. The van der Waals surface area contributed by atoms with Gasteiger partial charge in [0.05, 0.1) is 0 Å². The van der Waals surface area contributed by atoms with Gasteiger partial charge in [-0.05, 0) is 25.2 Å². The number of carbonyl (C=O) groups excluding carboxylic acids is 1. The first-order valence-electron chi connectivity index (χ1n) is 6.77. The van der Waals surface area contributed by atoms with E-state index in [-0.39, 0.29) is 11.9 Å². The highest BCUT2D eigenvalue weighted by atomic mass is 16.4. The molecule has 2 N–H and O–H groups in total. The van der Waals surface area contributed by atoms with E-state index in [0.29, 0.717) is 6.04 Å². The molecule has 1 fully saturated rings. The lowest BCUT2D eigenvalue weighted by atomic mass is 10.1. The summed E-state index contributed by atoms with van der Waals surface area (Å²) in [6.07, 6.45) is 4.07. The molecule has 1 saturated carbocycles. The van der Waals surface area contributed by atoms with E-state index in [2.05, 4.69) is 12.2 Å². The number of carbonyl (C=O) groups is 2. The second-order valence-corrected chi connectivity index (χ2v) is 5.29. The molecule has 5 heteroatoms. The third-order valence-corrected chi connectivity index (χ3v) is 3.21. The van der Waals surface area contributed by atoms with Crippen LogP contribution in [-0.2, 0) is 4.79 Å². The predicted molar refractivity (Wildman–Crippen MR) is 69.4 cm³/mol. The van der Waals surface area contributed by atoms with Gasteiger partial charge in [-0.3, -0.25) is 0 Å². The second-order valence-electron chi connectivity index (χ2n) is 5.29. The maximum absolute atomic E-state index is 12.1. The van der Waals surface area contributed by atoms with Gasteiger partial charge in [0.15, 0.2) is 0 Å². The molecule has 0 unspecified atom stereocenters. The lowest BCUT2D eigenvalue weighted by molar-refractivity contribution is -0.140. The van der Waals surface area contributed by atoms with Crippen molar-refractivity contribution in [1.82, 2.24) is 10.2 Å². The van der Waals surface area contributed by atoms with Gasteiger partial charge < -0.3 is 15.3 Å². The minimum Gasteiger partial charge on any atom is -0.480 e. The molecule has 0 radical (unpaired) electrons. The van der Waals surface area contributed by atoms with Gasteiger partial charge in [0.2, 0.25) is 0 Å². The van der Waals surface area contributed by atoms with Crippen LogP contribution in [0.4, 0.5) is 4.79 Å². The summed E-state index contributed by atoms with van der Waals surface area (Å²) in [6.45, 7) is 6.40. The van der Waals surface area contributed by atoms with Crippen LogP contribution >= 0.6 is 0 Å². The van der Waals surface area contributed by atoms with Crippen molar-refractivity contribution in [2.24, 2.45) is 5.92 Å². The summed E-state index contributed by atoms with van der Waals surface area (Å²) in [5.41, 5.74) is 0. The molecule has 1 rings (SSSR count). The number of hydrogen-bond acceptors (Lipinski definition) is 2. The monoisotopic (exact) mass is 256 g/mol. The topological polar surface area (TPSA) is 69.6 Å². The highest BCUT2D eigenvalue weighted by molar-refractivity contribution is 5.83. The molecule has 0 spiro atoms. The van der Waals surface area contributed by atoms with Gasteiger partial charge in [-0.15, -0.1) is 0 Å². The minimum absolute atomic E-state index is 0.112. The largest absolute Gasteiger partial charge is 0.480 e. The fourth-order valence-corrected chi connectivity index (χ4v) is 1.89. The van der Waals surface area contributed by atoms with Crippen molar-refractivity contribution in [1.29, 1.82) is 0 Å². The number of aliphatic carboxylic acids is 1. The number of rotatable bonds is 7. The van der Waals surface area contributed by atoms with Crippen LogP contribution in [0.3, 0.4) is 0 Å². The molecular weight excluding hydrogens is 232 g/mol. The number of nitrogens with one attached hydrogen (secondary N) is 1. The Morgan fingerprint density at radius 1 is 1.39 bits per heavy atom. The zero-order valence-corrected chi connectivity index (χ0v) is 11.5. The van der Waals surface area contributed by atoms with Crippen molar-refractivity contribution in [3.8, 4) is 0 Å². The number of carboxylic acid groups (broad SMARTS) is 1. The molecule has 0 saturated heterocycles. The van der Waals surface area contributed by atoms with Gasteiger partial charge in [-0.25, -0.2) is 9.59 Å². The Kier molecular flexibility index (Phi) is 5.44. The number of urea groups is 1. The lowest BCUT2D eigenvalue weighted by Gasteiger charge is -2.26. The summed E-state index contributed by atoms with van der Waals surface area (Å²) in [5, 5.41) is 11.7. The highest BCUT2D eigenvalue weighted by Crippen LogP contribution is 2.27. The first kappa shape index (κ1) is 14.8. The molecule has 0 aliphatic heterocycles. The van der Waals surface area contributed by atoms with Crippen LogP contribution in [0.25, 0.3) is 0 Å². The summed E-state index contributed by atoms with van der Waals surface area (Å²) >= 11 is 0. The molecule has 1 aliphatic carbocycles. The average molecular weight is 256 g/mol. The molecule has 18 heavy (non-hydrogen) atoms. The van der Waals surface area contributed by atoms with Crippen LogP contribution in [0.5, 0.6) is 0 Å². The molecule has 5 nitrogen and oxygen atoms in total. The number of amides is 2. The van der Waals surface area contributed by atoms with Crippen LogP contribution in [-0.4, -0.2) is 40.6 Å². The Hall–Kier alpha value is -1.26. The molecule has 0 aromatic carbocycles. The predicted octanol–water partition coefficient (Wildman–Crippen LogP) is 2.07. The van der Waals surface area contributed by atoms with Gasteiger partial charge in [0, 0.05) is 12.6 Å². The van der Waals surface area contributed by atoms with E-state index in [1.807, 2.05) is 0 Å². The van der Waals surface area contributed by atoms with Crippen LogP contribution in [0.1, 0.15) is 46.5 Å². The third kappa shape index (κ3) is 4.20. The van der Waals surface area contributed by atoms with E-state index in [0.717, 1.165) is 32.2 Å². The Morgan fingerprint density at radius 2 is 2.00 bits per heavy atom. The van der Waals surface area contributed by atoms with E-state index in [1.165, 1.54) is 0 Å². The molecule has 0 bridgehead atoms. The molecule has 104 valence electrons. The van der Waals surface area contributed by atoms with Gasteiger partial charge in [0.1, 0.15) is 6.04 Å². The quantitative estimate of drug-likeness (QED) is 0.732. The fourth-order valence-electron chi connectivity index (χ4n) is 1.89. The zero-order valence-electron chi connectivity index (χ0n) is 11.5. The molecule has 0 aromatic rings. The molecular formula is C13H24N2O3. The zero-order chi connectivity index (χ0) is 13.7. The van der Waals surface area contributed by atoms with Crippen molar-refractivity contribution >= 4 is 12.0 Å². The molecule has 2 amide bonds. The van der Waals surface area contributed by atoms with Crippen LogP contribution in [0.15, 0.2) is 0 Å². The van der Waals surface area contributed by atoms with Crippen LogP contribution in [0, 0.1) is 5.92 Å². The van der Waals surface area contributed by atoms with Gasteiger partial charge in [0.25, 0.3) is 0 Å². The standard InChI is InChI=1S/C13H24N2O3/c1-4-5-8-15(10-6-7-10)13(18)14-11(9(2)3)12(16)17/h9-11H,4-8H2,1-3H3,(H,14,18)(H,16,17)/t11-/m0/s1. The molecule has 1 aliphatic rings. The minimum atomic E-state index is -0.968. The van der Waals surface area contributed by atoms with E-state index >= 15 is 0 Å². The first-order valence-corrected chi connectivity index (χ1v) is 6.77. The molecule has 0 aromatic heterocycles. The molecule has 0 heterocycles. The van der Waals surface area contributed by atoms with Gasteiger partial charge in [-0.2, -0.15) is 0 Å². The summed E-state index contributed by atoms with van der Waals surface area (Å²) in [7, 11) is 0. The second kappa shape index (κ2) is 6.61. The normalized spacial score (nSPS) is 16.4. The van der Waals surface area contributed by atoms with Crippen LogP contribution < -0.4 is 5.32 Å². The number of unbranched alkanes of at least 4 members (excludes halogenated alkanes) is 1. The van der Waals surface area contributed by atoms with Gasteiger partial charge >= 0.3 is 12.0 Å². The first-order chi connectivity index (χ1) is 8.47. The lowest BCUT2D eigenvalue weighted by Crippen LogP contribution is -2.51. The van der Waals surface area contributed by atoms with Crippen molar-refractivity contribution in [2.75, 3.05) is 6.54 Å². The van der Waals surface area contributed by atoms with E-state index in [1.54, 1.807) is 18.7 Å². The SMILES string of the molecule is CCCCN(C(=O)N[C@H](C(=O)O)C(C)C)C1CC1. The van der Waals surface area contributed by atoms with E-state index in [9.17, 15) is 9.59 Å². The Morgan fingerprint density at radius 3 is 2.39 bits per heavy atom. The van der Waals surface area contributed by atoms with Gasteiger partial charge in [-0.1, -0.05) is 27.2 Å². The Balaban J connectivity index is 2.56. The van der Waals surface area contributed by atoms with Crippen molar-refractivity contribution < 1.29 is 14.7 Å². The Bertz CT molecular complexity index is 301.